The number of aromatic nitrogens is 1. The summed E-state index contributed by atoms with van der Waals surface area (Å²) >= 11 is 3.30. The van der Waals surface area contributed by atoms with E-state index in [0.717, 1.165) is 24.1 Å². The highest BCUT2D eigenvalue weighted by molar-refractivity contribution is 9.10. The Morgan fingerprint density at radius 2 is 1.82 bits per heavy atom. The number of hydrogen-bond acceptors (Lipinski definition) is 5. The summed E-state index contributed by atoms with van der Waals surface area (Å²) in [6.45, 7) is 3.96. The van der Waals surface area contributed by atoms with Gasteiger partial charge < -0.3 is 24.8 Å². The molecule has 2 N–H and O–H groups in total. The minimum atomic E-state index is -4.79. The Balaban J connectivity index is 1.48. The number of carbonyl (C=O) groups is 1. The number of halogens is 4. The van der Waals surface area contributed by atoms with Crippen LogP contribution in [0, 0.1) is 0 Å². The Labute approximate surface area is 201 Å². The maximum atomic E-state index is 12.5. The molecule has 1 aliphatic rings. The molecule has 1 aromatic heterocycles. The molecule has 0 bridgehead atoms. The number of ether oxygens (including phenoxy) is 3. The van der Waals surface area contributed by atoms with Crippen molar-refractivity contribution in [1.82, 2.24) is 4.98 Å². The standard InChI is InChI=1S/C23H19BrF3N3O4/c1-22(2)12-13-4-3-5-17(19(13)34-22)32-20-16(10-11-18(24)30-20)29-21(31)28-14-6-8-15(9-7-14)33-23(25,26)27/h3-11H,12H2,1-2H3,(H2,28,29,31). The predicted octanol–water partition coefficient (Wildman–Crippen LogP) is 6.89. The number of nitrogens with one attached hydrogen (secondary N) is 2. The Morgan fingerprint density at radius 1 is 1.09 bits per heavy atom. The van der Waals surface area contributed by atoms with Gasteiger partial charge in [-0.2, -0.15) is 0 Å². The molecule has 7 nitrogen and oxygen atoms in total. The van der Waals surface area contributed by atoms with E-state index in [-0.39, 0.29) is 22.9 Å². The van der Waals surface area contributed by atoms with Crippen molar-refractivity contribution in [2.45, 2.75) is 32.2 Å². The first kappa shape index (κ1) is 23.7. The van der Waals surface area contributed by atoms with Gasteiger partial charge in [0, 0.05) is 17.7 Å². The zero-order valence-electron chi connectivity index (χ0n) is 18.0. The molecule has 0 spiro atoms. The van der Waals surface area contributed by atoms with E-state index in [2.05, 4.69) is 36.3 Å². The van der Waals surface area contributed by atoms with Crippen LogP contribution in [0.15, 0.2) is 59.2 Å². The molecule has 2 heterocycles. The summed E-state index contributed by atoms with van der Waals surface area (Å²) in [5.74, 6) is 0.801. The average Bonchev–Trinajstić information content (AvgIpc) is 3.05. The van der Waals surface area contributed by atoms with Gasteiger partial charge in [0.2, 0.25) is 5.88 Å². The Hall–Kier alpha value is -3.47. The maximum Gasteiger partial charge on any atom is 0.573 e. The van der Waals surface area contributed by atoms with Crippen LogP contribution < -0.4 is 24.8 Å². The molecule has 0 aliphatic carbocycles. The smallest absolute Gasteiger partial charge is 0.483 e. The number of alkyl halides is 3. The van der Waals surface area contributed by atoms with Crippen LogP contribution in [-0.2, 0) is 6.42 Å². The van der Waals surface area contributed by atoms with E-state index < -0.39 is 18.1 Å². The number of hydrogen-bond donors (Lipinski definition) is 2. The lowest BCUT2D eigenvalue weighted by Gasteiger charge is -2.18. The van der Waals surface area contributed by atoms with E-state index in [1.165, 1.54) is 12.1 Å². The SMILES string of the molecule is CC1(C)Cc2cccc(Oc3nc(Br)ccc3NC(=O)Nc3ccc(OC(F)(F)F)cc3)c2O1. The molecule has 4 rings (SSSR count). The first-order chi connectivity index (χ1) is 16.0. The Kier molecular flexibility index (Phi) is 6.30. The number of rotatable bonds is 5. The third-order valence-corrected chi connectivity index (χ3v) is 5.12. The summed E-state index contributed by atoms with van der Waals surface area (Å²) in [7, 11) is 0. The van der Waals surface area contributed by atoms with Crippen molar-refractivity contribution >= 4 is 33.3 Å². The molecule has 0 atom stereocenters. The van der Waals surface area contributed by atoms with Gasteiger partial charge in [-0.15, -0.1) is 13.2 Å². The van der Waals surface area contributed by atoms with Crippen LogP contribution in [-0.4, -0.2) is 23.0 Å². The van der Waals surface area contributed by atoms with E-state index in [9.17, 15) is 18.0 Å². The van der Waals surface area contributed by atoms with Crippen molar-refractivity contribution in [3.8, 4) is 23.1 Å². The summed E-state index contributed by atoms with van der Waals surface area (Å²) in [6.07, 6.45) is -4.07. The number of fused-ring (bicyclic) bond motifs is 1. The zero-order chi connectivity index (χ0) is 24.5. The second-order valence-corrected chi connectivity index (χ2v) is 8.84. The fourth-order valence-corrected chi connectivity index (χ4v) is 3.68. The number of anilines is 2. The summed E-state index contributed by atoms with van der Waals surface area (Å²) < 4.78 is 53.2. The lowest BCUT2D eigenvalue weighted by Crippen LogP contribution is -2.24. The van der Waals surface area contributed by atoms with Crippen molar-refractivity contribution in [2.24, 2.45) is 0 Å². The number of nitrogens with zero attached hydrogens (tertiary/aromatic N) is 1. The van der Waals surface area contributed by atoms with E-state index in [4.69, 9.17) is 9.47 Å². The van der Waals surface area contributed by atoms with Gasteiger partial charge in [-0.1, -0.05) is 12.1 Å². The van der Waals surface area contributed by atoms with Crippen LogP contribution >= 0.6 is 15.9 Å². The van der Waals surface area contributed by atoms with E-state index >= 15 is 0 Å². The lowest BCUT2D eigenvalue weighted by molar-refractivity contribution is -0.274. The second-order valence-electron chi connectivity index (χ2n) is 8.02. The van der Waals surface area contributed by atoms with Gasteiger partial charge in [0.1, 0.15) is 21.6 Å². The molecule has 0 saturated carbocycles. The first-order valence-electron chi connectivity index (χ1n) is 10.1. The number of amides is 2. The topological polar surface area (TPSA) is 81.7 Å². The number of pyridine rings is 1. The van der Waals surface area contributed by atoms with Crippen LogP contribution in [0.25, 0.3) is 0 Å². The zero-order valence-corrected chi connectivity index (χ0v) is 19.6. The molecule has 34 heavy (non-hydrogen) atoms. The van der Waals surface area contributed by atoms with E-state index in [0.29, 0.717) is 16.1 Å². The van der Waals surface area contributed by atoms with Crippen LogP contribution in [0.3, 0.4) is 0 Å². The maximum absolute atomic E-state index is 12.5. The van der Waals surface area contributed by atoms with Crippen LogP contribution in [0.5, 0.6) is 23.1 Å². The van der Waals surface area contributed by atoms with Gasteiger partial charge in [-0.3, -0.25) is 0 Å². The van der Waals surface area contributed by atoms with Gasteiger partial charge in [-0.25, -0.2) is 9.78 Å². The fourth-order valence-electron chi connectivity index (χ4n) is 3.39. The summed E-state index contributed by atoms with van der Waals surface area (Å²) in [4.78, 5) is 16.8. The van der Waals surface area contributed by atoms with Gasteiger partial charge >= 0.3 is 12.4 Å². The molecule has 178 valence electrons. The van der Waals surface area contributed by atoms with Crippen molar-refractivity contribution in [3.05, 3.63) is 64.8 Å². The lowest BCUT2D eigenvalue weighted by atomic mass is 10.0. The molecule has 0 radical (unpaired) electrons. The molecule has 1 aliphatic heterocycles. The molecule has 0 unspecified atom stereocenters. The number of benzene rings is 2. The van der Waals surface area contributed by atoms with Crippen molar-refractivity contribution in [1.29, 1.82) is 0 Å². The van der Waals surface area contributed by atoms with Crippen LogP contribution in [0.2, 0.25) is 0 Å². The second kappa shape index (κ2) is 9.05. The van der Waals surface area contributed by atoms with E-state index in [1.54, 1.807) is 18.2 Å². The minimum Gasteiger partial charge on any atom is -0.483 e. The summed E-state index contributed by atoms with van der Waals surface area (Å²) in [5.41, 5.74) is 1.17. The van der Waals surface area contributed by atoms with Gasteiger partial charge in [0.15, 0.2) is 11.5 Å². The molecule has 3 aromatic rings. The van der Waals surface area contributed by atoms with Crippen LogP contribution in [0.1, 0.15) is 19.4 Å². The minimum absolute atomic E-state index is 0.125. The molecule has 2 amide bonds. The largest absolute Gasteiger partial charge is 0.573 e. The Bertz CT molecular complexity index is 1220. The monoisotopic (exact) mass is 537 g/mol. The van der Waals surface area contributed by atoms with Crippen molar-refractivity contribution in [2.75, 3.05) is 10.6 Å². The third-order valence-electron chi connectivity index (χ3n) is 4.68. The molecule has 2 aromatic carbocycles. The molecular weight excluding hydrogens is 519 g/mol. The summed E-state index contributed by atoms with van der Waals surface area (Å²) in [6, 6.07) is 12.9. The Morgan fingerprint density at radius 3 is 2.53 bits per heavy atom. The van der Waals surface area contributed by atoms with Crippen LogP contribution in [0.4, 0.5) is 29.3 Å². The predicted molar refractivity (Wildman–Crippen MR) is 123 cm³/mol. The first-order valence-corrected chi connectivity index (χ1v) is 10.9. The highest BCUT2D eigenvalue weighted by Crippen LogP contribution is 2.44. The highest BCUT2D eigenvalue weighted by Gasteiger charge is 2.33. The van der Waals surface area contributed by atoms with Gasteiger partial charge in [0.25, 0.3) is 0 Å². The normalized spacial score (nSPS) is 14.1. The molecule has 11 heteroatoms. The van der Waals surface area contributed by atoms with Crippen molar-refractivity contribution < 1.29 is 32.2 Å². The quantitative estimate of drug-likeness (QED) is 0.346. The van der Waals surface area contributed by atoms with Gasteiger partial charge in [-0.05, 0) is 72.2 Å². The average molecular weight is 538 g/mol. The molecular formula is C23H19BrF3N3O4. The molecule has 0 saturated heterocycles. The summed E-state index contributed by atoms with van der Waals surface area (Å²) in [5, 5.41) is 5.16. The highest BCUT2D eigenvalue weighted by atomic mass is 79.9. The third kappa shape index (κ3) is 5.90. The van der Waals surface area contributed by atoms with Gasteiger partial charge in [0.05, 0.1) is 0 Å². The van der Waals surface area contributed by atoms with Crippen molar-refractivity contribution in [3.63, 3.8) is 0 Å². The number of carbonyl (C=O) groups excluding carboxylic acids is 1. The molecule has 0 fully saturated rings. The van der Waals surface area contributed by atoms with E-state index in [1.807, 2.05) is 26.0 Å². The number of para-hydroxylation sites is 1. The fraction of sp³-hybridized carbons (Fsp3) is 0.217. The number of urea groups is 1.